The van der Waals surface area contributed by atoms with E-state index < -0.39 is 0 Å². The number of benzene rings is 1. The minimum absolute atomic E-state index is 0.0170. The lowest BCUT2D eigenvalue weighted by atomic mass is 9.96. The number of carbonyl (C=O) groups is 1. The molecule has 1 aromatic carbocycles. The third-order valence-electron chi connectivity index (χ3n) is 5.37. The molecule has 28 heavy (non-hydrogen) atoms. The maximum Gasteiger partial charge on any atom is 0.231 e. The molecule has 0 saturated carbocycles. The van der Waals surface area contributed by atoms with Crippen LogP contribution in [-0.2, 0) is 4.79 Å². The molecule has 7 heteroatoms. The number of hydrogen-bond donors (Lipinski definition) is 1. The molecule has 1 N–H and O–H groups in total. The average Bonchev–Trinajstić information content (AvgIpc) is 3.02. The van der Waals surface area contributed by atoms with Crippen molar-refractivity contribution in [3.63, 3.8) is 0 Å². The smallest absolute Gasteiger partial charge is 0.231 e. The number of methoxy groups -OCH3 is 1. The molecule has 1 atom stereocenters. The molecule has 0 spiro atoms. The van der Waals surface area contributed by atoms with Gasteiger partial charge in [0.1, 0.15) is 23.7 Å². The number of furan rings is 1. The van der Waals surface area contributed by atoms with Gasteiger partial charge in [0.25, 0.3) is 0 Å². The van der Waals surface area contributed by atoms with Crippen LogP contribution in [0.2, 0.25) is 0 Å². The summed E-state index contributed by atoms with van der Waals surface area (Å²) in [5.74, 6) is 2.32. The molecule has 7 nitrogen and oxygen atoms in total. The molecule has 0 radical (unpaired) electrons. The second-order valence-electron chi connectivity index (χ2n) is 7.17. The van der Waals surface area contributed by atoms with Crippen LogP contribution in [0.1, 0.15) is 24.2 Å². The van der Waals surface area contributed by atoms with Gasteiger partial charge in [-0.1, -0.05) is 6.07 Å². The number of aryl methyl sites for hydroxylation is 2. The van der Waals surface area contributed by atoms with Crippen LogP contribution in [0.3, 0.4) is 0 Å². The van der Waals surface area contributed by atoms with E-state index in [-0.39, 0.29) is 11.8 Å². The molecule has 146 valence electrons. The van der Waals surface area contributed by atoms with E-state index in [0.29, 0.717) is 12.3 Å². The summed E-state index contributed by atoms with van der Waals surface area (Å²) >= 11 is 0. The van der Waals surface area contributed by atoms with Gasteiger partial charge in [0.05, 0.1) is 18.4 Å². The van der Waals surface area contributed by atoms with E-state index >= 15 is 0 Å². The zero-order chi connectivity index (χ0) is 19.7. The van der Waals surface area contributed by atoms with Crippen molar-refractivity contribution in [1.82, 2.24) is 9.97 Å². The molecule has 0 bridgehead atoms. The molecule has 0 aliphatic carbocycles. The van der Waals surface area contributed by atoms with E-state index in [0.717, 1.165) is 53.4 Å². The standard InChI is InChI=1S/C21H24N4O3/c1-13-14(2)28-21-18(13)19(22-12-23-21)25-9-5-6-15(11-25)20(26)24-16-7-4-8-17(10-16)27-3/h4,7-8,10,12,15H,5-6,9,11H2,1-3H3,(H,24,26)/t15-/m1/s1. The zero-order valence-corrected chi connectivity index (χ0v) is 16.4. The van der Waals surface area contributed by atoms with Crippen molar-refractivity contribution in [3.8, 4) is 5.75 Å². The second-order valence-corrected chi connectivity index (χ2v) is 7.17. The number of nitrogens with one attached hydrogen (secondary N) is 1. The first kappa shape index (κ1) is 18.3. The Kier molecular flexibility index (Phi) is 4.90. The Morgan fingerprint density at radius 1 is 1.32 bits per heavy atom. The minimum Gasteiger partial charge on any atom is -0.497 e. The van der Waals surface area contributed by atoms with Gasteiger partial charge in [0.2, 0.25) is 11.6 Å². The Hall–Kier alpha value is -3.09. The SMILES string of the molecule is COc1cccc(NC(=O)[C@@H]2CCCN(c3ncnc4oc(C)c(C)c34)C2)c1. The molecular weight excluding hydrogens is 356 g/mol. The Morgan fingerprint density at radius 3 is 3.00 bits per heavy atom. The molecule has 2 aromatic heterocycles. The summed E-state index contributed by atoms with van der Waals surface area (Å²) in [5.41, 5.74) is 2.39. The summed E-state index contributed by atoms with van der Waals surface area (Å²) in [5, 5.41) is 3.95. The third-order valence-corrected chi connectivity index (χ3v) is 5.37. The van der Waals surface area contributed by atoms with Crippen LogP contribution in [0.5, 0.6) is 5.75 Å². The Labute approximate surface area is 163 Å². The Bertz CT molecular complexity index is 1010. The van der Waals surface area contributed by atoms with Gasteiger partial charge in [0, 0.05) is 30.4 Å². The summed E-state index contributed by atoms with van der Waals surface area (Å²) in [4.78, 5) is 23.8. The van der Waals surface area contributed by atoms with Gasteiger partial charge in [-0.25, -0.2) is 9.97 Å². The maximum absolute atomic E-state index is 12.8. The first-order valence-corrected chi connectivity index (χ1v) is 9.47. The normalized spacial score (nSPS) is 17.0. The summed E-state index contributed by atoms with van der Waals surface area (Å²) in [6.07, 6.45) is 3.31. The molecule has 0 unspecified atom stereocenters. The predicted octanol–water partition coefficient (Wildman–Crippen LogP) is 3.70. The highest BCUT2D eigenvalue weighted by Gasteiger charge is 2.28. The number of ether oxygens (including phenoxy) is 1. The van der Waals surface area contributed by atoms with E-state index in [1.165, 1.54) is 6.33 Å². The number of anilines is 2. The largest absolute Gasteiger partial charge is 0.497 e. The molecule has 1 aliphatic heterocycles. The zero-order valence-electron chi connectivity index (χ0n) is 16.4. The van der Waals surface area contributed by atoms with Gasteiger partial charge in [0.15, 0.2) is 0 Å². The van der Waals surface area contributed by atoms with Crippen molar-refractivity contribution >= 4 is 28.5 Å². The number of hydrogen-bond acceptors (Lipinski definition) is 6. The van der Waals surface area contributed by atoms with Crippen LogP contribution in [0.25, 0.3) is 11.1 Å². The lowest BCUT2D eigenvalue weighted by molar-refractivity contribution is -0.120. The summed E-state index contributed by atoms with van der Waals surface area (Å²) in [6.45, 7) is 5.43. The number of fused-ring (bicyclic) bond motifs is 1. The van der Waals surface area contributed by atoms with Gasteiger partial charge in [-0.15, -0.1) is 0 Å². The number of nitrogens with zero attached hydrogens (tertiary/aromatic N) is 3. The molecular formula is C21H24N4O3. The summed E-state index contributed by atoms with van der Waals surface area (Å²) in [6, 6.07) is 7.41. The van der Waals surface area contributed by atoms with E-state index in [2.05, 4.69) is 20.2 Å². The second kappa shape index (κ2) is 7.50. The number of rotatable bonds is 4. The van der Waals surface area contributed by atoms with Crippen molar-refractivity contribution in [3.05, 3.63) is 41.9 Å². The van der Waals surface area contributed by atoms with Crippen LogP contribution in [-0.4, -0.2) is 36.1 Å². The number of piperidine rings is 1. The lowest BCUT2D eigenvalue weighted by Gasteiger charge is -2.33. The Balaban J connectivity index is 1.54. The van der Waals surface area contributed by atoms with Crippen molar-refractivity contribution in [2.24, 2.45) is 5.92 Å². The van der Waals surface area contributed by atoms with E-state index in [9.17, 15) is 4.79 Å². The fourth-order valence-corrected chi connectivity index (χ4v) is 3.73. The quantitative estimate of drug-likeness (QED) is 0.743. The number of carbonyl (C=O) groups excluding carboxylic acids is 1. The predicted molar refractivity (Wildman–Crippen MR) is 108 cm³/mol. The van der Waals surface area contributed by atoms with Crippen molar-refractivity contribution in [2.75, 3.05) is 30.4 Å². The fourth-order valence-electron chi connectivity index (χ4n) is 3.73. The summed E-state index contributed by atoms with van der Waals surface area (Å²) in [7, 11) is 1.61. The van der Waals surface area contributed by atoms with Crippen LogP contribution < -0.4 is 15.0 Å². The lowest BCUT2D eigenvalue weighted by Crippen LogP contribution is -2.41. The minimum atomic E-state index is -0.113. The van der Waals surface area contributed by atoms with Crippen LogP contribution in [0.15, 0.2) is 35.0 Å². The molecule has 3 heterocycles. The number of amides is 1. The number of aromatic nitrogens is 2. The third kappa shape index (κ3) is 3.40. The first-order chi connectivity index (χ1) is 13.6. The van der Waals surface area contributed by atoms with Gasteiger partial charge in [-0.2, -0.15) is 0 Å². The monoisotopic (exact) mass is 380 g/mol. The highest BCUT2D eigenvalue weighted by Crippen LogP contribution is 2.33. The molecule has 4 rings (SSSR count). The molecule has 3 aromatic rings. The van der Waals surface area contributed by atoms with E-state index in [4.69, 9.17) is 9.15 Å². The fraction of sp³-hybridized carbons (Fsp3) is 0.381. The maximum atomic E-state index is 12.8. The van der Waals surface area contributed by atoms with Gasteiger partial charge in [-0.3, -0.25) is 4.79 Å². The van der Waals surface area contributed by atoms with Crippen molar-refractivity contribution in [1.29, 1.82) is 0 Å². The first-order valence-electron chi connectivity index (χ1n) is 9.47. The van der Waals surface area contributed by atoms with Crippen molar-refractivity contribution < 1.29 is 13.9 Å². The van der Waals surface area contributed by atoms with E-state index in [1.54, 1.807) is 7.11 Å². The molecule has 1 amide bonds. The molecule has 1 fully saturated rings. The average molecular weight is 380 g/mol. The van der Waals surface area contributed by atoms with Crippen LogP contribution >= 0.6 is 0 Å². The topological polar surface area (TPSA) is 80.5 Å². The van der Waals surface area contributed by atoms with E-state index in [1.807, 2.05) is 38.1 Å². The van der Waals surface area contributed by atoms with Crippen LogP contribution in [0, 0.1) is 19.8 Å². The van der Waals surface area contributed by atoms with Gasteiger partial charge >= 0.3 is 0 Å². The highest BCUT2D eigenvalue weighted by molar-refractivity contribution is 5.94. The van der Waals surface area contributed by atoms with Crippen molar-refractivity contribution in [2.45, 2.75) is 26.7 Å². The molecule has 1 saturated heterocycles. The highest BCUT2D eigenvalue weighted by atomic mass is 16.5. The van der Waals surface area contributed by atoms with Crippen LogP contribution in [0.4, 0.5) is 11.5 Å². The molecule has 1 aliphatic rings. The van der Waals surface area contributed by atoms with Gasteiger partial charge in [-0.05, 0) is 38.8 Å². The van der Waals surface area contributed by atoms with Gasteiger partial charge < -0.3 is 19.4 Å². The summed E-state index contributed by atoms with van der Waals surface area (Å²) < 4.78 is 11.0. The Morgan fingerprint density at radius 2 is 2.18 bits per heavy atom.